The number of amides is 1. The van der Waals surface area contributed by atoms with Crippen molar-refractivity contribution in [2.24, 2.45) is 0 Å². The van der Waals surface area contributed by atoms with Crippen molar-refractivity contribution >= 4 is 33.4 Å². The van der Waals surface area contributed by atoms with Crippen molar-refractivity contribution in [1.82, 2.24) is 4.31 Å². The number of rotatable bonds is 9. The van der Waals surface area contributed by atoms with E-state index < -0.39 is 10.0 Å². The molecule has 2 aromatic carbocycles. The van der Waals surface area contributed by atoms with E-state index in [9.17, 15) is 13.2 Å². The summed E-state index contributed by atoms with van der Waals surface area (Å²) in [5.74, 6) is 0.546. The lowest BCUT2D eigenvalue weighted by Gasteiger charge is -2.19. The second-order valence-corrected chi connectivity index (χ2v) is 10.0. The molecule has 0 aliphatic carbocycles. The average Bonchev–Trinajstić information content (AvgIpc) is 3.27. The lowest BCUT2D eigenvalue weighted by molar-refractivity contribution is 0.102. The Morgan fingerprint density at radius 3 is 2.63 bits per heavy atom. The van der Waals surface area contributed by atoms with Crippen molar-refractivity contribution in [1.29, 1.82) is 0 Å². The maximum absolute atomic E-state index is 12.9. The van der Waals surface area contributed by atoms with Gasteiger partial charge >= 0.3 is 0 Å². The van der Waals surface area contributed by atoms with Crippen LogP contribution in [0.2, 0.25) is 0 Å². The summed E-state index contributed by atoms with van der Waals surface area (Å²) in [6.07, 6.45) is 2.36. The summed E-state index contributed by atoms with van der Waals surface area (Å²) in [5.41, 5.74) is 1.02. The van der Waals surface area contributed by atoms with Crippen LogP contribution in [0, 0.1) is 0 Å². The molecule has 1 aliphatic rings. The summed E-state index contributed by atoms with van der Waals surface area (Å²) in [5, 5.41) is 2.85. The predicted octanol–water partition coefficient (Wildman–Crippen LogP) is 4.24. The largest absolute Gasteiger partial charge is 0.377 e. The Kier molecular flexibility index (Phi) is 7.93. The molecule has 2 aromatic rings. The van der Waals surface area contributed by atoms with E-state index in [2.05, 4.69) is 5.32 Å². The summed E-state index contributed by atoms with van der Waals surface area (Å²) >= 11 is 1.61. The van der Waals surface area contributed by atoms with Crippen LogP contribution in [-0.2, 0) is 14.8 Å². The minimum atomic E-state index is -3.59. The van der Waals surface area contributed by atoms with Crippen molar-refractivity contribution in [2.45, 2.75) is 42.6 Å². The van der Waals surface area contributed by atoms with Crippen LogP contribution in [0.4, 0.5) is 5.69 Å². The summed E-state index contributed by atoms with van der Waals surface area (Å²) < 4.78 is 32.6. The Bertz CT molecular complexity index is 969. The molecule has 1 saturated heterocycles. The van der Waals surface area contributed by atoms with Crippen LogP contribution < -0.4 is 5.32 Å². The van der Waals surface area contributed by atoms with Gasteiger partial charge in [-0.2, -0.15) is 4.31 Å². The van der Waals surface area contributed by atoms with Crippen LogP contribution >= 0.6 is 11.8 Å². The fourth-order valence-electron chi connectivity index (χ4n) is 3.38. The number of hydrogen-bond acceptors (Lipinski definition) is 5. The number of carbonyl (C=O) groups is 1. The second-order valence-electron chi connectivity index (χ2n) is 7.01. The zero-order valence-electron chi connectivity index (χ0n) is 17.3. The molecular formula is C22H28N2O4S2. The molecule has 1 fully saturated rings. The number of nitrogens with zero attached hydrogens (tertiary/aromatic N) is 1. The van der Waals surface area contributed by atoms with E-state index >= 15 is 0 Å². The normalized spacial score (nSPS) is 16.7. The third-order valence-electron chi connectivity index (χ3n) is 5.02. The molecule has 1 heterocycles. The molecule has 30 heavy (non-hydrogen) atoms. The molecule has 0 radical (unpaired) electrons. The zero-order chi connectivity index (χ0) is 21.6. The Balaban J connectivity index is 1.75. The number of hydrogen-bond donors (Lipinski definition) is 1. The van der Waals surface area contributed by atoms with E-state index in [4.69, 9.17) is 4.74 Å². The van der Waals surface area contributed by atoms with Crippen molar-refractivity contribution in [3.8, 4) is 0 Å². The highest BCUT2D eigenvalue weighted by atomic mass is 32.2. The highest BCUT2D eigenvalue weighted by Crippen LogP contribution is 2.28. The minimum absolute atomic E-state index is 0.171. The molecule has 1 aliphatic heterocycles. The predicted molar refractivity (Wildman–Crippen MR) is 121 cm³/mol. The maximum atomic E-state index is 12.9. The van der Waals surface area contributed by atoms with Crippen molar-refractivity contribution in [3.63, 3.8) is 0 Å². The monoisotopic (exact) mass is 448 g/mol. The molecule has 8 heteroatoms. The van der Waals surface area contributed by atoms with Gasteiger partial charge in [-0.05, 0) is 43.2 Å². The molecule has 3 rings (SSSR count). The van der Waals surface area contributed by atoms with Crippen LogP contribution in [0.1, 0.15) is 37.0 Å². The number of thioether (sulfide) groups is 1. The number of sulfonamides is 1. The van der Waals surface area contributed by atoms with Crippen LogP contribution in [0.5, 0.6) is 0 Å². The SMILES string of the molecule is CCN(CC)S(=O)(=O)c1cccc(NC(=O)c2ccccc2SCC2CCCO2)c1. The second kappa shape index (κ2) is 10.4. The van der Waals surface area contributed by atoms with Gasteiger partial charge in [-0.15, -0.1) is 11.8 Å². The lowest BCUT2D eigenvalue weighted by atomic mass is 10.2. The number of carbonyl (C=O) groups excluding carboxylic acids is 1. The Labute approximate surface area is 183 Å². The van der Waals surface area contributed by atoms with E-state index in [1.807, 2.05) is 18.2 Å². The van der Waals surface area contributed by atoms with E-state index in [1.165, 1.54) is 10.4 Å². The van der Waals surface area contributed by atoms with Gasteiger partial charge in [0.2, 0.25) is 10.0 Å². The number of anilines is 1. The Morgan fingerprint density at radius 2 is 1.93 bits per heavy atom. The summed E-state index contributed by atoms with van der Waals surface area (Å²) in [4.78, 5) is 14.0. The van der Waals surface area contributed by atoms with Crippen LogP contribution in [0.3, 0.4) is 0 Å². The Hall–Kier alpha value is -1.87. The summed E-state index contributed by atoms with van der Waals surface area (Å²) in [7, 11) is -3.59. The fraction of sp³-hybridized carbons (Fsp3) is 0.409. The summed E-state index contributed by atoms with van der Waals surface area (Å²) in [6, 6.07) is 13.8. The molecule has 1 atom stereocenters. The topological polar surface area (TPSA) is 75.7 Å². The molecule has 0 bridgehead atoms. The number of benzene rings is 2. The van der Waals surface area contributed by atoms with Crippen LogP contribution in [0.15, 0.2) is 58.3 Å². The summed E-state index contributed by atoms with van der Waals surface area (Å²) in [6.45, 7) is 5.20. The smallest absolute Gasteiger partial charge is 0.256 e. The molecular weight excluding hydrogens is 420 g/mol. The van der Waals surface area contributed by atoms with Gasteiger partial charge in [0.25, 0.3) is 5.91 Å². The van der Waals surface area contributed by atoms with E-state index in [1.54, 1.807) is 49.9 Å². The molecule has 1 amide bonds. The molecule has 0 saturated carbocycles. The van der Waals surface area contributed by atoms with Gasteiger partial charge < -0.3 is 10.1 Å². The van der Waals surface area contributed by atoms with E-state index in [0.717, 1.165) is 30.1 Å². The first-order chi connectivity index (χ1) is 14.5. The molecule has 1 N–H and O–H groups in total. The van der Waals surface area contributed by atoms with Gasteiger partial charge in [0, 0.05) is 36.0 Å². The molecule has 6 nitrogen and oxygen atoms in total. The first-order valence-electron chi connectivity index (χ1n) is 10.2. The quantitative estimate of drug-likeness (QED) is 0.581. The first-order valence-corrected chi connectivity index (χ1v) is 12.6. The molecule has 0 spiro atoms. The van der Waals surface area contributed by atoms with E-state index in [-0.39, 0.29) is 16.9 Å². The van der Waals surface area contributed by atoms with Gasteiger partial charge in [0.05, 0.1) is 16.6 Å². The lowest BCUT2D eigenvalue weighted by Crippen LogP contribution is -2.30. The van der Waals surface area contributed by atoms with Crippen molar-refractivity contribution < 1.29 is 17.9 Å². The van der Waals surface area contributed by atoms with Gasteiger partial charge in [-0.25, -0.2) is 8.42 Å². The van der Waals surface area contributed by atoms with Crippen LogP contribution in [-0.4, -0.2) is 50.2 Å². The highest BCUT2D eigenvalue weighted by molar-refractivity contribution is 7.99. The van der Waals surface area contributed by atoms with E-state index in [0.29, 0.717) is 24.3 Å². The average molecular weight is 449 g/mol. The van der Waals surface area contributed by atoms with Crippen molar-refractivity contribution in [3.05, 3.63) is 54.1 Å². The third kappa shape index (κ3) is 5.43. The third-order valence-corrected chi connectivity index (χ3v) is 8.27. The fourth-order valence-corrected chi connectivity index (χ4v) is 6.01. The highest BCUT2D eigenvalue weighted by Gasteiger charge is 2.22. The molecule has 0 aromatic heterocycles. The number of nitrogens with one attached hydrogen (secondary N) is 1. The first kappa shape index (κ1) is 22.8. The van der Waals surface area contributed by atoms with Gasteiger partial charge in [-0.3, -0.25) is 4.79 Å². The van der Waals surface area contributed by atoms with Gasteiger partial charge in [0.15, 0.2) is 0 Å². The molecule has 1 unspecified atom stereocenters. The Morgan fingerprint density at radius 1 is 1.17 bits per heavy atom. The minimum Gasteiger partial charge on any atom is -0.377 e. The molecule has 162 valence electrons. The van der Waals surface area contributed by atoms with Crippen molar-refractivity contribution in [2.75, 3.05) is 30.8 Å². The zero-order valence-corrected chi connectivity index (χ0v) is 19.0. The maximum Gasteiger partial charge on any atom is 0.256 e. The standard InChI is InChI=1S/C22H28N2O4S2/c1-3-24(4-2)30(26,27)19-11-7-9-17(15-19)23-22(25)20-12-5-6-13-21(20)29-16-18-10-8-14-28-18/h5-7,9,11-13,15,18H,3-4,8,10,14,16H2,1-2H3,(H,23,25). The van der Waals surface area contributed by atoms with Gasteiger partial charge in [0.1, 0.15) is 0 Å². The van der Waals surface area contributed by atoms with Crippen LogP contribution in [0.25, 0.3) is 0 Å². The van der Waals surface area contributed by atoms with Gasteiger partial charge in [-0.1, -0.05) is 32.0 Å². The number of ether oxygens (including phenoxy) is 1.